The topological polar surface area (TPSA) is 95.8 Å². The van der Waals surface area contributed by atoms with E-state index in [0.717, 1.165) is 36.4 Å². The smallest absolute Gasteiger partial charge is 0.403 e. The summed E-state index contributed by atoms with van der Waals surface area (Å²) in [5, 5.41) is 12.2. The van der Waals surface area contributed by atoms with E-state index in [0.29, 0.717) is 17.9 Å². The second-order valence-corrected chi connectivity index (χ2v) is 6.00. The number of aryl methyl sites for hydroxylation is 1. The number of amides is 1. The molecule has 1 amide bonds. The maximum atomic E-state index is 12.1. The zero-order valence-corrected chi connectivity index (χ0v) is 17.6. The van der Waals surface area contributed by atoms with Gasteiger partial charge in [0.1, 0.15) is 0 Å². The van der Waals surface area contributed by atoms with E-state index < -0.39 is 0 Å². The third kappa shape index (κ3) is 3.49. The van der Waals surface area contributed by atoms with Crippen molar-refractivity contribution >= 4 is 22.8 Å². The van der Waals surface area contributed by atoms with Crippen molar-refractivity contribution in [2.24, 2.45) is 0 Å². The van der Waals surface area contributed by atoms with Crippen molar-refractivity contribution < 1.29 is 56.2 Å². The average molecular weight is 364 g/mol. The molecule has 0 unspecified atom stereocenters. The standard InChI is InChI=1S/C15H17N8O.K/c1-21(2)15(24)12-6-10-8-22(4-3-5-23(10)20-12)14-11-7-18-19-13(11)16-9-17-14;/h6-7H,3-5,8H2,1-2H3,(H,16,17,18,19);/q-1;+1. The molecule has 4 heterocycles. The summed E-state index contributed by atoms with van der Waals surface area (Å²) in [5.41, 5.74) is 2.13. The van der Waals surface area contributed by atoms with Crippen LogP contribution in [0.1, 0.15) is 22.6 Å². The van der Waals surface area contributed by atoms with Crippen molar-refractivity contribution in [2.75, 3.05) is 25.5 Å². The number of nitrogens with one attached hydrogen (secondary N) is 1. The van der Waals surface area contributed by atoms with Crippen LogP contribution in [0.25, 0.3) is 11.0 Å². The van der Waals surface area contributed by atoms with Gasteiger partial charge in [-0.2, -0.15) is 10.2 Å². The number of hydrogen-bond acceptors (Lipinski definition) is 6. The van der Waals surface area contributed by atoms with Crippen LogP contribution >= 0.6 is 0 Å². The summed E-state index contributed by atoms with van der Waals surface area (Å²) in [6.07, 6.45) is 5.31. The predicted octanol–water partition coefficient (Wildman–Crippen LogP) is -2.53. The summed E-state index contributed by atoms with van der Waals surface area (Å²) in [6, 6.07) is 1.86. The molecular weight excluding hydrogens is 347 g/mol. The van der Waals surface area contributed by atoms with Crippen LogP contribution in [-0.4, -0.2) is 61.4 Å². The first-order valence-electron chi connectivity index (χ1n) is 7.74. The van der Waals surface area contributed by atoms with Gasteiger partial charge in [0.15, 0.2) is 5.69 Å². The number of rotatable bonds is 2. The zero-order chi connectivity index (χ0) is 16.7. The third-order valence-corrected chi connectivity index (χ3v) is 4.12. The van der Waals surface area contributed by atoms with E-state index in [-0.39, 0.29) is 57.3 Å². The summed E-state index contributed by atoms with van der Waals surface area (Å²) in [4.78, 5) is 24.2. The van der Waals surface area contributed by atoms with Gasteiger partial charge in [0.25, 0.3) is 5.91 Å². The first kappa shape index (κ1) is 18.5. The summed E-state index contributed by atoms with van der Waals surface area (Å²) >= 11 is 0. The number of anilines is 1. The van der Waals surface area contributed by atoms with Crippen LogP contribution in [0.4, 0.5) is 5.82 Å². The molecule has 9 nitrogen and oxygen atoms in total. The zero-order valence-electron chi connectivity index (χ0n) is 14.5. The molecule has 3 aromatic heterocycles. The normalized spacial score (nSPS) is 13.9. The molecule has 0 saturated carbocycles. The van der Waals surface area contributed by atoms with Crippen LogP contribution in [0, 0.1) is 6.33 Å². The monoisotopic (exact) mass is 364 g/mol. The van der Waals surface area contributed by atoms with Crippen molar-refractivity contribution in [2.45, 2.75) is 19.5 Å². The molecule has 0 atom stereocenters. The molecule has 124 valence electrons. The fourth-order valence-corrected chi connectivity index (χ4v) is 2.93. The predicted molar refractivity (Wildman–Crippen MR) is 86.4 cm³/mol. The number of nitrogens with zero attached hydrogens (tertiary/aromatic N) is 7. The Labute approximate surface area is 187 Å². The fraction of sp³-hybridized carbons (Fsp3) is 0.400. The van der Waals surface area contributed by atoms with Gasteiger partial charge in [-0.15, -0.1) is 0 Å². The van der Waals surface area contributed by atoms with Crippen LogP contribution in [0.15, 0.2) is 12.3 Å². The molecule has 1 N–H and O–H groups in total. The maximum Gasteiger partial charge on any atom is 1.00 e. The third-order valence-electron chi connectivity index (χ3n) is 4.12. The Bertz CT molecular complexity index is 902. The largest absolute Gasteiger partial charge is 1.00 e. The molecule has 25 heavy (non-hydrogen) atoms. The van der Waals surface area contributed by atoms with Crippen molar-refractivity contribution in [3.05, 3.63) is 30.0 Å². The van der Waals surface area contributed by atoms with Gasteiger partial charge in [-0.3, -0.25) is 9.48 Å². The first-order chi connectivity index (χ1) is 11.6. The number of carbonyl (C=O) groups excluding carboxylic acids is 1. The summed E-state index contributed by atoms with van der Waals surface area (Å²) < 4.78 is 1.91. The minimum Gasteiger partial charge on any atom is -0.403 e. The van der Waals surface area contributed by atoms with Crippen LogP contribution < -0.4 is 56.3 Å². The summed E-state index contributed by atoms with van der Waals surface area (Å²) in [6.45, 7) is 2.24. The minimum absolute atomic E-state index is 0. The van der Waals surface area contributed by atoms with Crippen LogP contribution in [0.5, 0.6) is 0 Å². The second kappa shape index (κ2) is 7.50. The number of aromatic amines is 1. The molecule has 0 bridgehead atoms. The molecule has 1 aliphatic rings. The van der Waals surface area contributed by atoms with E-state index in [1.54, 1.807) is 20.3 Å². The molecule has 1 aliphatic heterocycles. The van der Waals surface area contributed by atoms with Crippen LogP contribution in [0.3, 0.4) is 0 Å². The van der Waals surface area contributed by atoms with E-state index in [9.17, 15) is 4.79 Å². The summed E-state index contributed by atoms with van der Waals surface area (Å²) in [5.74, 6) is 0.707. The Morgan fingerprint density at radius 1 is 1.32 bits per heavy atom. The number of H-pyrrole nitrogens is 1. The van der Waals surface area contributed by atoms with Crippen molar-refractivity contribution in [3.8, 4) is 0 Å². The molecular formula is C15H17KN8O. The molecule has 0 aromatic carbocycles. The Balaban J connectivity index is 0.00000182. The van der Waals surface area contributed by atoms with Gasteiger partial charge < -0.3 is 24.9 Å². The minimum atomic E-state index is -0.0882. The number of aromatic nitrogens is 6. The Morgan fingerprint density at radius 2 is 2.16 bits per heavy atom. The maximum absolute atomic E-state index is 12.1. The van der Waals surface area contributed by atoms with E-state index in [1.807, 2.05) is 10.7 Å². The molecule has 0 radical (unpaired) electrons. The Morgan fingerprint density at radius 3 is 2.96 bits per heavy atom. The SMILES string of the molecule is CN(C)C(=O)c1cc2n(n1)CCCN(c1n[c-]nc3[nH]ncc13)C2.[K+]. The first-order valence-corrected chi connectivity index (χ1v) is 7.74. The van der Waals surface area contributed by atoms with Gasteiger partial charge in [-0.05, 0) is 17.9 Å². The van der Waals surface area contributed by atoms with Gasteiger partial charge in [-0.1, -0.05) is 0 Å². The summed E-state index contributed by atoms with van der Waals surface area (Å²) in [7, 11) is 3.46. The van der Waals surface area contributed by atoms with Gasteiger partial charge >= 0.3 is 51.4 Å². The van der Waals surface area contributed by atoms with E-state index in [1.165, 1.54) is 4.90 Å². The van der Waals surface area contributed by atoms with Gasteiger partial charge in [0, 0.05) is 57.7 Å². The molecule has 3 aromatic rings. The van der Waals surface area contributed by atoms with Crippen LogP contribution in [-0.2, 0) is 13.1 Å². The average Bonchev–Trinajstić information content (AvgIpc) is 3.16. The molecule has 0 saturated heterocycles. The Hall–Kier alpha value is -1.33. The molecule has 4 rings (SSSR count). The molecule has 0 aliphatic carbocycles. The number of carbonyl (C=O) groups is 1. The Kier molecular flexibility index (Phi) is 5.54. The molecule has 0 fully saturated rings. The van der Waals surface area contributed by atoms with Crippen LogP contribution in [0.2, 0.25) is 0 Å². The van der Waals surface area contributed by atoms with Crippen molar-refractivity contribution in [3.63, 3.8) is 0 Å². The van der Waals surface area contributed by atoms with E-state index >= 15 is 0 Å². The number of hydrogen-bond donors (Lipinski definition) is 1. The van der Waals surface area contributed by atoms with Gasteiger partial charge in [0.2, 0.25) is 0 Å². The number of fused-ring (bicyclic) bond motifs is 2. The van der Waals surface area contributed by atoms with Gasteiger partial charge in [-0.25, -0.2) is 0 Å². The fourth-order valence-electron chi connectivity index (χ4n) is 2.93. The van der Waals surface area contributed by atoms with Crippen molar-refractivity contribution in [1.29, 1.82) is 0 Å². The second-order valence-electron chi connectivity index (χ2n) is 6.00. The molecule has 0 spiro atoms. The van der Waals surface area contributed by atoms with E-state index in [2.05, 4.69) is 36.5 Å². The quantitative estimate of drug-likeness (QED) is 0.398. The van der Waals surface area contributed by atoms with E-state index in [4.69, 9.17) is 0 Å². The van der Waals surface area contributed by atoms with Gasteiger partial charge in [0.05, 0.1) is 5.69 Å². The van der Waals surface area contributed by atoms with Crippen molar-refractivity contribution in [1.82, 2.24) is 34.8 Å². The molecule has 10 heteroatoms.